The van der Waals surface area contributed by atoms with Gasteiger partial charge in [-0.25, -0.2) is 0 Å². The summed E-state index contributed by atoms with van der Waals surface area (Å²) in [5, 5.41) is 11.7. The van der Waals surface area contributed by atoms with Crippen molar-refractivity contribution >= 4 is 50.9 Å². The van der Waals surface area contributed by atoms with Crippen molar-refractivity contribution in [3.8, 4) is 0 Å². The summed E-state index contributed by atoms with van der Waals surface area (Å²) in [6.07, 6.45) is -3.06. The second-order valence-electron chi connectivity index (χ2n) is 9.07. The average Bonchev–Trinajstić information content (AvgIpc) is 3.45. The third-order valence-corrected chi connectivity index (χ3v) is 7.77. The molecule has 2 aliphatic rings. The Morgan fingerprint density at radius 2 is 2.03 bits per heavy atom. The molecule has 2 unspecified atom stereocenters. The lowest BCUT2D eigenvalue weighted by molar-refractivity contribution is -0.138. The number of aromatic nitrogens is 2. The highest BCUT2D eigenvalue weighted by molar-refractivity contribution is 8.18. The number of hydrogen-bond donors (Lipinski definition) is 2. The number of carbonyl (C=O) groups excluding carboxylic acids is 1. The van der Waals surface area contributed by atoms with Crippen LogP contribution >= 0.6 is 23.4 Å². The Bertz CT molecular complexity index is 1400. The zero-order valence-electron chi connectivity index (χ0n) is 19.5. The van der Waals surface area contributed by atoms with Crippen molar-refractivity contribution in [3.05, 3.63) is 69.2 Å². The van der Waals surface area contributed by atoms with Crippen LogP contribution in [0.15, 0.2) is 52.5 Å². The van der Waals surface area contributed by atoms with E-state index in [1.165, 1.54) is 23.9 Å². The molecule has 0 aliphatic carbocycles. The van der Waals surface area contributed by atoms with Crippen molar-refractivity contribution in [1.82, 2.24) is 20.4 Å². The molecule has 2 aliphatic heterocycles. The number of fused-ring (bicyclic) bond motifs is 1. The van der Waals surface area contributed by atoms with Gasteiger partial charge in [-0.05, 0) is 73.0 Å². The SMILES string of the molecule is CC1CN(C2=NC(=O)C(=C(Cc3ccc(Cl)cc3C(F)(F)F)c3ccc4[nH]ncc4c3)S2)C(C)CN1. The fourth-order valence-corrected chi connectivity index (χ4v) is 5.80. The molecule has 11 heteroatoms. The second-order valence-corrected chi connectivity index (χ2v) is 10.5. The lowest BCUT2D eigenvalue weighted by Crippen LogP contribution is -2.55. The van der Waals surface area contributed by atoms with Gasteiger partial charge in [0.2, 0.25) is 0 Å². The zero-order valence-corrected chi connectivity index (χ0v) is 21.1. The van der Waals surface area contributed by atoms with Gasteiger partial charge < -0.3 is 10.2 Å². The first-order valence-corrected chi connectivity index (χ1v) is 12.6. The molecule has 1 aromatic heterocycles. The van der Waals surface area contributed by atoms with Gasteiger partial charge in [-0.1, -0.05) is 23.7 Å². The van der Waals surface area contributed by atoms with Gasteiger partial charge in [-0.2, -0.15) is 23.3 Å². The van der Waals surface area contributed by atoms with Crippen LogP contribution in [0, 0.1) is 0 Å². The van der Waals surface area contributed by atoms with E-state index in [9.17, 15) is 18.0 Å². The first-order chi connectivity index (χ1) is 17.1. The van der Waals surface area contributed by atoms with Crippen LogP contribution in [0.5, 0.6) is 0 Å². The Morgan fingerprint density at radius 3 is 2.81 bits per heavy atom. The minimum Gasteiger partial charge on any atom is -0.345 e. The molecule has 0 saturated carbocycles. The number of allylic oxidation sites excluding steroid dienone is 1. The van der Waals surface area contributed by atoms with Crippen molar-refractivity contribution in [1.29, 1.82) is 0 Å². The molecule has 3 aromatic rings. The molecule has 1 amide bonds. The summed E-state index contributed by atoms with van der Waals surface area (Å²) in [7, 11) is 0. The molecule has 0 bridgehead atoms. The number of thioether (sulfide) groups is 1. The number of piperazine rings is 1. The van der Waals surface area contributed by atoms with Crippen LogP contribution in [0.1, 0.15) is 30.5 Å². The number of rotatable bonds is 3. The van der Waals surface area contributed by atoms with E-state index < -0.39 is 17.6 Å². The summed E-state index contributed by atoms with van der Waals surface area (Å²) >= 11 is 7.13. The van der Waals surface area contributed by atoms with Crippen molar-refractivity contribution in [3.63, 3.8) is 0 Å². The van der Waals surface area contributed by atoms with Crippen LogP contribution in [0.2, 0.25) is 5.02 Å². The van der Waals surface area contributed by atoms with Gasteiger partial charge in [0.05, 0.1) is 22.2 Å². The molecule has 5 rings (SSSR count). The minimum atomic E-state index is -4.59. The van der Waals surface area contributed by atoms with E-state index in [0.29, 0.717) is 27.8 Å². The first kappa shape index (κ1) is 24.9. The second kappa shape index (κ2) is 9.57. The van der Waals surface area contributed by atoms with E-state index >= 15 is 0 Å². The molecule has 6 nitrogen and oxygen atoms in total. The summed E-state index contributed by atoms with van der Waals surface area (Å²) in [6, 6.07) is 9.48. The zero-order chi connectivity index (χ0) is 25.6. The molecule has 0 spiro atoms. The quantitative estimate of drug-likeness (QED) is 0.435. The molecule has 2 aromatic carbocycles. The van der Waals surface area contributed by atoms with Crippen molar-refractivity contribution < 1.29 is 18.0 Å². The highest BCUT2D eigenvalue weighted by atomic mass is 35.5. The van der Waals surface area contributed by atoms with Gasteiger partial charge in [-0.3, -0.25) is 9.89 Å². The lowest BCUT2D eigenvalue weighted by Gasteiger charge is -2.38. The molecule has 0 radical (unpaired) electrons. The molecule has 36 heavy (non-hydrogen) atoms. The molecule has 2 atom stereocenters. The van der Waals surface area contributed by atoms with Crippen LogP contribution in [0.3, 0.4) is 0 Å². The molecule has 3 heterocycles. The standard InChI is InChI=1S/C25H23ClF3N5OS/c1-13-12-34(14(2)10-30-13)24-32-23(35)22(36-24)19(15-4-6-21-17(7-15)11-31-33-21)8-16-3-5-18(26)9-20(16)25(27,28)29/h3-7,9,11,13-14,30H,8,10,12H2,1-2H3,(H,31,33). The van der Waals surface area contributed by atoms with E-state index in [4.69, 9.17) is 11.6 Å². The number of halogens is 4. The maximum Gasteiger partial charge on any atom is 0.416 e. The summed E-state index contributed by atoms with van der Waals surface area (Å²) < 4.78 is 41.7. The topological polar surface area (TPSA) is 73.4 Å². The van der Waals surface area contributed by atoms with E-state index in [0.717, 1.165) is 23.5 Å². The Morgan fingerprint density at radius 1 is 1.22 bits per heavy atom. The van der Waals surface area contributed by atoms with Gasteiger partial charge in [0.15, 0.2) is 5.17 Å². The summed E-state index contributed by atoms with van der Waals surface area (Å²) in [5.74, 6) is -0.446. The largest absolute Gasteiger partial charge is 0.416 e. The number of hydrogen-bond acceptors (Lipinski definition) is 5. The van der Waals surface area contributed by atoms with Gasteiger partial charge in [-0.15, -0.1) is 0 Å². The number of nitrogens with zero attached hydrogens (tertiary/aromatic N) is 3. The lowest BCUT2D eigenvalue weighted by atomic mass is 9.93. The Kier molecular flexibility index (Phi) is 6.61. The molecular weight excluding hydrogens is 511 g/mol. The number of aliphatic imine (C=N–C) groups is 1. The summed E-state index contributed by atoms with van der Waals surface area (Å²) in [6.45, 7) is 5.53. The van der Waals surface area contributed by atoms with Gasteiger partial charge in [0, 0.05) is 35.6 Å². The maximum atomic E-state index is 13.9. The average molecular weight is 534 g/mol. The van der Waals surface area contributed by atoms with Gasteiger partial charge in [0.25, 0.3) is 5.91 Å². The van der Waals surface area contributed by atoms with Crippen LogP contribution in [0.4, 0.5) is 13.2 Å². The van der Waals surface area contributed by atoms with Gasteiger partial charge >= 0.3 is 6.18 Å². The Hall–Kier alpha value is -2.82. The third kappa shape index (κ3) is 4.89. The van der Waals surface area contributed by atoms with Gasteiger partial charge in [0.1, 0.15) is 0 Å². The normalized spacial score (nSPS) is 22.3. The number of H-pyrrole nitrogens is 1. The smallest absolute Gasteiger partial charge is 0.345 e. The molecular formula is C25H23ClF3N5OS. The molecule has 188 valence electrons. The van der Waals surface area contributed by atoms with Crippen LogP contribution in [0.25, 0.3) is 16.5 Å². The predicted molar refractivity (Wildman–Crippen MR) is 137 cm³/mol. The first-order valence-electron chi connectivity index (χ1n) is 11.4. The van der Waals surface area contributed by atoms with Crippen molar-refractivity contribution in [2.75, 3.05) is 13.1 Å². The minimum absolute atomic E-state index is 0.00107. The molecule has 1 saturated heterocycles. The summed E-state index contributed by atoms with van der Waals surface area (Å²) in [4.78, 5) is 19.9. The number of aromatic amines is 1. The van der Waals surface area contributed by atoms with Crippen molar-refractivity contribution in [2.45, 2.75) is 38.5 Å². The number of benzene rings is 2. The fraction of sp³-hybridized carbons (Fsp3) is 0.320. The highest BCUT2D eigenvalue weighted by Crippen LogP contribution is 2.41. The van der Waals surface area contributed by atoms with Crippen molar-refractivity contribution in [2.24, 2.45) is 4.99 Å². The maximum absolute atomic E-state index is 13.9. The van der Waals surface area contributed by atoms with Crippen LogP contribution in [-0.4, -0.2) is 51.3 Å². The number of carbonyl (C=O) groups is 1. The third-order valence-electron chi connectivity index (χ3n) is 6.40. The number of alkyl halides is 3. The monoisotopic (exact) mass is 533 g/mol. The predicted octanol–water partition coefficient (Wildman–Crippen LogP) is 5.50. The Balaban J connectivity index is 1.60. The molecule has 2 N–H and O–H groups in total. The van der Waals surface area contributed by atoms with E-state index in [2.05, 4.69) is 32.3 Å². The van der Waals surface area contributed by atoms with Crippen LogP contribution < -0.4 is 5.32 Å². The number of amidine groups is 1. The molecule has 1 fully saturated rings. The summed E-state index contributed by atoms with van der Waals surface area (Å²) in [5.41, 5.74) is 1.12. The van der Waals surface area contributed by atoms with E-state index in [-0.39, 0.29) is 29.1 Å². The number of nitrogens with one attached hydrogen (secondary N) is 2. The highest BCUT2D eigenvalue weighted by Gasteiger charge is 2.36. The van der Waals surface area contributed by atoms with E-state index in [1.54, 1.807) is 18.3 Å². The number of amides is 1. The van der Waals surface area contributed by atoms with E-state index in [1.807, 2.05) is 13.0 Å². The fourth-order valence-electron chi connectivity index (χ4n) is 4.50. The Labute approximate surface area is 215 Å². The van der Waals surface area contributed by atoms with Crippen LogP contribution in [-0.2, 0) is 17.4 Å².